The number of thiazole rings is 1. The number of hydrogen-bond acceptors (Lipinski definition) is 4. The Hall–Kier alpha value is -1.31. The van der Waals surface area contributed by atoms with Crippen LogP contribution in [0, 0.1) is 0 Å². The summed E-state index contributed by atoms with van der Waals surface area (Å²) in [4.78, 5) is 16.4. The largest absolute Gasteiger partial charge is 0.477 e. The Morgan fingerprint density at radius 1 is 1.45 bits per heavy atom. The lowest BCUT2D eigenvalue weighted by atomic mass is 10.0. The highest BCUT2D eigenvalue weighted by Gasteiger charge is 2.32. The lowest BCUT2D eigenvalue weighted by Gasteiger charge is -2.21. The first kappa shape index (κ1) is 16.7. The molecule has 0 spiro atoms. The molecule has 0 aliphatic rings. The van der Waals surface area contributed by atoms with Crippen LogP contribution >= 0.6 is 11.3 Å². The number of alkyl halides is 3. The maximum absolute atomic E-state index is 12.5. The summed E-state index contributed by atoms with van der Waals surface area (Å²) in [6, 6.07) is 0. The van der Waals surface area contributed by atoms with Crippen LogP contribution < -0.4 is 4.90 Å². The highest BCUT2D eigenvalue weighted by molar-refractivity contribution is 7.17. The van der Waals surface area contributed by atoms with Crippen molar-refractivity contribution in [2.75, 3.05) is 18.0 Å². The van der Waals surface area contributed by atoms with Gasteiger partial charge in [0.25, 0.3) is 0 Å². The Morgan fingerprint density at radius 2 is 2.05 bits per heavy atom. The van der Waals surface area contributed by atoms with Gasteiger partial charge in [0.2, 0.25) is 0 Å². The minimum atomic E-state index is -4.35. The third-order valence-electron chi connectivity index (χ3n) is 2.94. The molecule has 1 heterocycles. The van der Waals surface area contributed by atoms with Crippen LogP contribution in [0.1, 0.15) is 48.5 Å². The van der Waals surface area contributed by atoms with Crippen LogP contribution in [0.15, 0.2) is 0 Å². The third kappa shape index (κ3) is 4.09. The van der Waals surface area contributed by atoms with Crippen molar-refractivity contribution >= 4 is 22.4 Å². The molecule has 0 aliphatic heterocycles. The van der Waals surface area contributed by atoms with Gasteiger partial charge in [-0.2, -0.15) is 13.2 Å². The second kappa shape index (κ2) is 6.43. The number of carboxylic acids is 1. The van der Waals surface area contributed by atoms with Gasteiger partial charge in [-0.15, -0.1) is 0 Å². The Labute approximate surface area is 119 Å². The van der Waals surface area contributed by atoms with E-state index in [-0.39, 0.29) is 22.5 Å². The van der Waals surface area contributed by atoms with Crippen LogP contribution in [0.25, 0.3) is 0 Å². The molecular weight excluding hydrogens is 293 g/mol. The van der Waals surface area contributed by atoms with E-state index >= 15 is 0 Å². The molecule has 0 amide bonds. The molecule has 1 aromatic rings. The minimum Gasteiger partial charge on any atom is -0.477 e. The Balaban J connectivity index is 3.15. The van der Waals surface area contributed by atoms with Crippen molar-refractivity contribution in [1.82, 2.24) is 4.98 Å². The first-order chi connectivity index (χ1) is 9.19. The number of aromatic carboxylic acids is 1. The topological polar surface area (TPSA) is 53.4 Å². The molecule has 1 N–H and O–H groups in total. The molecule has 0 bridgehead atoms. The normalized spacial score (nSPS) is 13.3. The summed E-state index contributed by atoms with van der Waals surface area (Å²) < 4.78 is 37.5. The Kier molecular flexibility index (Phi) is 5.38. The van der Waals surface area contributed by atoms with Crippen molar-refractivity contribution in [1.29, 1.82) is 0 Å². The van der Waals surface area contributed by atoms with Crippen LogP contribution in [-0.2, 0) is 0 Å². The summed E-state index contributed by atoms with van der Waals surface area (Å²) in [5, 5.41) is 9.25. The average molecular weight is 310 g/mol. The summed E-state index contributed by atoms with van der Waals surface area (Å²) in [6.07, 6.45) is -3.67. The smallest absolute Gasteiger partial charge is 0.406 e. The standard InChI is InChI=1S/C12H17F3N2O2S/c1-4-7(3)8-9(10(18)19)20-11(16-8)17(5-2)6-12(13,14)15/h7H,4-6H2,1-3H3,(H,18,19). The number of rotatable bonds is 6. The number of carbonyl (C=O) groups is 1. The van der Waals surface area contributed by atoms with Gasteiger partial charge in [-0.25, -0.2) is 9.78 Å². The van der Waals surface area contributed by atoms with Crippen molar-refractivity contribution in [3.8, 4) is 0 Å². The Bertz CT molecular complexity index is 474. The maximum atomic E-state index is 12.5. The number of hydrogen-bond donors (Lipinski definition) is 1. The van der Waals surface area contributed by atoms with E-state index in [1.54, 1.807) is 6.92 Å². The van der Waals surface area contributed by atoms with Crippen molar-refractivity contribution in [2.24, 2.45) is 0 Å². The second-order valence-corrected chi connectivity index (χ2v) is 5.43. The van der Waals surface area contributed by atoms with Gasteiger partial charge in [-0.1, -0.05) is 25.2 Å². The van der Waals surface area contributed by atoms with E-state index in [0.717, 1.165) is 16.2 Å². The van der Waals surface area contributed by atoms with Gasteiger partial charge in [0.1, 0.15) is 11.4 Å². The van der Waals surface area contributed by atoms with Gasteiger partial charge < -0.3 is 10.0 Å². The molecule has 114 valence electrons. The van der Waals surface area contributed by atoms with Crippen molar-refractivity contribution in [2.45, 2.75) is 39.3 Å². The van der Waals surface area contributed by atoms with Crippen LogP contribution in [-0.4, -0.2) is 35.3 Å². The van der Waals surface area contributed by atoms with E-state index in [0.29, 0.717) is 12.1 Å². The van der Waals surface area contributed by atoms with Crippen LogP contribution in [0.3, 0.4) is 0 Å². The molecule has 1 unspecified atom stereocenters. The zero-order valence-electron chi connectivity index (χ0n) is 11.5. The molecule has 1 rings (SSSR count). The number of nitrogens with zero attached hydrogens (tertiary/aromatic N) is 2. The molecule has 20 heavy (non-hydrogen) atoms. The van der Waals surface area contributed by atoms with Gasteiger partial charge in [0.05, 0.1) is 5.69 Å². The molecule has 1 atom stereocenters. The second-order valence-electron chi connectivity index (χ2n) is 4.45. The molecule has 0 fully saturated rings. The monoisotopic (exact) mass is 310 g/mol. The van der Waals surface area contributed by atoms with Gasteiger partial charge in [0.15, 0.2) is 5.13 Å². The highest BCUT2D eigenvalue weighted by atomic mass is 32.1. The van der Waals surface area contributed by atoms with Crippen LogP contribution in [0.2, 0.25) is 0 Å². The first-order valence-electron chi connectivity index (χ1n) is 6.25. The molecule has 8 heteroatoms. The van der Waals surface area contributed by atoms with Gasteiger partial charge >= 0.3 is 12.1 Å². The molecular formula is C12H17F3N2O2S. The minimum absolute atomic E-state index is 0.0231. The van der Waals surface area contributed by atoms with Gasteiger partial charge in [0, 0.05) is 6.54 Å². The number of anilines is 1. The highest BCUT2D eigenvalue weighted by Crippen LogP contribution is 2.33. The van der Waals surface area contributed by atoms with Crippen molar-refractivity contribution < 1.29 is 23.1 Å². The zero-order chi connectivity index (χ0) is 15.5. The quantitative estimate of drug-likeness (QED) is 0.869. The fourth-order valence-electron chi connectivity index (χ4n) is 1.67. The number of carboxylic acid groups (broad SMARTS) is 1. The fourth-order valence-corrected chi connectivity index (χ4v) is 2.76. The molecule has 0 saturated carbocycles. The van der Waals surface area contributed by atoms with Gasteiger partial charge in [-0.05, 0) is 19.3 Å². The average Bonchev–Trinajstić information content (AvgIpc) is 2.78. The zero-order valence-corrected chi connectivity index (χ0v) is 12.3. The van der Waals surface area contributed by atoms with E-state index in [9.17, 15) is 18.0 Å². The summed E-state index contributed by atoms with van der Waals surface area (Å²) in [5.41, 5.74) is 0.362. The third-order valence-corrected chi connectivity index (χ3v) is 4.06. The molecule has 0 radical (unpaired) electrons. The number of aromatic nitrogens is 1. The van der Waals surface area contributed by atoms with Crippen LogP contribution in [0.4, 0.5) is 18.3 Å². The summed E-state index contributed by atoms with van der Waals surface area (Å²) in [7, 11) is 0. The molecule has 0 aromatic carbocycles. The maximum Gasteiger partial charge on any atom is 0.406 e. The summed E-state index contributed by atoms with van der Waals surface area (Å²) >= 11 is 0.800. The molecule has 0 saturated heterocycles. The Morgan fingerprint density at radius 3 is 2.45 bits per heavy atom. The number of halogens is 3. The molecule has 4 nitrogen and oxygen atoms in total. The van der Waals surface area contributed by atoms with Gasteiger partial charge in [-0.3, -0.25) is 0 Å². The van der Waals surface area contributed by atoms with Crippen molar-refractivity contribution in [3.63, 3.8) is 0 Å². The van der Waals surface area contributed by atoms with Crippen molar-refractivity contribution in [3.05, 3.63) is 10.6 Å². The lowest BCUT2D eigenvalue weighted by Crippen LogP contribution is -2.34. The van der Waals surface area contributed by atoms with E-state index in [1.807, 2.05) is 13.8 Å². The van der Waals surface area contributed by atoms with E-state index in [2.05, 4.69) is 4.98 Å². The van der Waals surface area contributed by atoms with Crippen LogP contribution in [0.5, 0.6) is 0 Å². The SMILES string of the molecule is CCC(C)c1nc(N(CC)CC(F)(F)F)sc1C(=O)O. The van der Waals surface area contributed by atoms with E-state index < -0.39 is 18.7 Å². The van der Waals surface area contributed by atoms with E-state index in [4.69, 9.17) is 5.11 Å². The predicted octanol–water partition coefficient (Wildman–Crippen LogP) is 3.74. The summed E-state index contributed by atoms with van der Waals surface area (Å²) in [5.74, 6) is -1.25. The van der Waals surface area contributed by atoms with E-state index in [1.165, 1.54) is 0 Å². The molecule has 0 aliphatic carbocycles. The fraction of sp³-hybridized carbons (Fsp3) is 0.667. The lowest BCUT2D eigenvalue weighted by molar-refractivity contribution is -0.119. The summed E-state index contributed by atoms with van der Waals surface area (Å²) in [6.45, 7) is 4.26. The predicted molar refractivity (Wildman–Crippen MR) is 71.7 cm³/mol. The first-order valence-corrected chi connectivity index (χ1v) is 7.06. The molecule has 1 aromatic heterocycles.